The van der Waals surface area contributed by atoms with Gasteiger partial charge in [-0.25, -0.2) is 4.79 Å². The van der Waals surface area contributed by atoms with Crippen LogP contribution in [0.15, 0.2) is 18.2 Å². The third-order valence-corrected chi connectivity index (χ3v) is 2.55. The average Bonchev–Trinajstić information content (AvgIpc) is 2.27. The zero-order valence-electron chi connectivity index (χ0n) is 9.19. The lowest BCUT2D eigenvalue weighted by Crippen LogP contribution is -2.30. The molecule has 0 saturated heterocycles. The fourth-order valence-electron chi connectivity index (χ4n) is 1.23. The van der Waals surface area contributed by atoms with Crippen LogP contribution in [0.3, 0.4) is 0 Å². The predicted molar refractivity (Wildman–Crippen MR) is 67.1 cm³/mol. The van der Waals surface area contributed by atoms with E-state index in [-0.39, 0.29) is 18.5 Å². The molecule has 0 saturated carbocycles. The minimum absolute atomic E-state index is 0.0381. The molecule has 0 aromatic heterocycles. The molecule has 0 bridgehead atoms. The number of carboxylic acid groups (broad SMARTS) is 1. The topological polar surface area (TPSA) is 86.6 Å². The molecule has 1 atom stereocenters. The molecule has 0 spiro atoms. The summed E-state index contributed by atoms with van der Waals surface area (Å²) in [5, 5.41) is 20.6. The van der Waals surface area contributed by atoms with E-state index in [4.69, 9.17) is 33.4 Å². The van der Waals surface area contributed by atoms with Crippen molar-refractivity contribution in [2.75, 3.05) is 6.54 Å². The van der Waals surface area contributed by atoms with Gasteiger partial charge in [0.15, 0.2) is 6.10 Å². The van der Waals surface area contributed by atoms with Crippen molar-refractivity contribution in [3.63, 3.8) is 0 Å². The van der Waals surface area contributed by atoms with Crippen LogP contribution < -0.4 is 5.32 Å². The second kappa shape index (κ2) is 6.58. The molecule has 1 aromatic carbocycles. The van der Waals surface area contributed by atoms with E-state index in [1.807, 2.05) is 0 Å². The van der Waals surface area contributed by atoms with Crippen LogP contribution in [-0.2, 0) is 4.79 Å². The van der Waals surface area contributed by atoms with Crippen molar-refractivity contribution in [3.05, 3.63) is 33.8 Å². The standard InChI is InChI=1S/C11H11Cl2NO4/c12-7-3-6(4-8(13)5-7)10(16)14-2-1-9(15)11(17)18/h3-5,9,15H,1-2H2,(H,14,16)(H,17,18)/t9-/m0/s1. The summed E-state index contributed by atoms with van der Waals surface area (Å²) in [6.07, 6.45) is -1.57. The van der Waals surface area contributed by atoms with E-state index in [1.165, 1.54) is 18.2 Å². The lowest BCUT2D eigenvalue weighted by atomic mass is 10.2. The van der Waals surface area contributed by atoms with Gasteiger partial charge in [0, 0.05) is 28.6 Å². The zero-order valence-corrected chi connectivity index (χ0v) is 10.7. The molecule has 3 N–H and O–H groups in total. The first-order valence-electron chi connectivity index (χ1n) is 5.05. The number of nitrogens with one attached hydrogen (secondary N) is 1. The van der Waals surface area contributed by atoms with Crippen LogP contribution in [0.2, 0.25) is 10.0 Å². The van der Waals surface area contributed by atoms with Crippen molar-refractivity contribution in [1.29, 1.82) is 0 Å². The maximum atomic E-state index is 11.6. The Morgan fingerprint density at radius 2 is 1.78 bits per heavy atom. The van der Waals surface area contributed by atoms with Crippen LogP contribution >= 0.6 is 23.2 Å². The smallest absolute Gasteiger partial charge is 0.332 e. The van der Waals surface area contributed by atoms with Crippen LogP contribution in [0.5, 0.6) is 0 Å². The van der Waals surface area contributed by atoms with Gasteiger partial charge in [0.25, 0.3) is 5.91 Å². The molecule has 1 rings (SSSR count). The normalized spacial score (nSPS) is 11.9. The predicted octanol–water partition coefficient (Wildman–Crippen LogP) is 1.56. The van der Waals surface area contributed by atoms with E-state index in [0.29, 0.717) is 10.0 Å². The van der Waals surface area contributed by atoms with Crippen LogP contribution in [0.4, 0.5) is 0 Å². The summed E-state index contributed by atoms with van der Waals surface area (Å²) in [6, 6.07) is 4.38. The van der Waals surface area contributed by atoms with E-state index in [0.717, 1.165) is 0 Å². The quantitative estimate of drug-likeness (QED) is 0.768. The van der Waals surface area contributed by atoms with Gasteiger partial charge in [0.1, 0.15) is 0 Å². The second-order valence-corrected chi connectivity index (χ2v) is 4.43. The van der Waals surface area contributed by atoms with Crippen molar-refractivity contribution in [2.24, 2.45) is 0 Å². The Labute approximate surface area is 113 Å². The molecule has 1 aromatic rings. The van der Waals surface area contributed by atoms with E-state index < -0.39 is 18.0 Å². The first-order valence-corrected chi connectivity index (χ1v) is 5.81. The lowest BCUT2D eigenvalue weighted by molar-refractivity contribution is -0.146. The number of aliphatic hydroxyl groups is 1. The highest BCUT2D eigenvalue weighted by Crippen LogP contribution is 2.18. The minimum Gasteiger partial charge on any atom is -0.479 e. The number of hydrogen-bond donors (Lipinski definition) is 3. The maximum Gasteiger partial charge on any atom is 0.332 e. The fraction of sp³-hybridized carbons (Fsp3) is 0.273. The van der Waals surface area contributed by atoms with Gasteiger partial charge in [-0.3, -0.25) is 4.79 Å². The van der Waals surface area contributed by atoms with E-state index in [9.17, 15) is 9.59 Å². The number of halogens is 2. The highest BCUT2D eigenvalue weighted by Gasteiger charge is 2.13. The number of carbonyl (C=O) groups excluding carboxylic acids is 1. The molecule has 98 valence electrons. The van der Waals surface area contributed by atoms with Crippen LogP contribution in [0.1, 0.15) is 16.8 Å². The summed E-state index contributed by atoms with van der Waals surface area (Å²) >= 11 is 11.5. The number of hydrogen-bond acceptors (Lipinski definition) is 3. The molecule has 0 unspecified atom stereocenters. The summed E-state index contributed by atoms with van der Waals surface area (Å²) in [4.78, 5) is 22.0. The van der Waals surface area contributed by atoms with Crippen molar-refractivity contribution in [3.8, 4) is 0 Å². The number of aliphatic carboxylic acids is 1. The van der Waals surface area contributed by atoms with Gasteiger partial charge >= 0.3 is 5.97 Å². The van der Waals surface area contributed by atoms with E-state index >= 15 is 0 Å². The fourth-order valence-corrected chi connectivity index (χ4v) is 1.76. The molecule has 0 fully saturated rings. The van der Waals surface area contributed by atoms with Gasteiger partial charge in [-0.05, 0) is 18.2 Å². The van der Waals surface area contributed by atoms with Gasteiger partial charge in [0.05, 0.1) is 0 Å². The highest BCUT2D eigenvalue weighted by molar-refractivity contribution is 6.35. The lowest BCUT2D eigenvalue weighted by Gasteiger charge is -2.08. The largest absolute Gasteiger partial charge is 0.479 e. The Morgan fingerprint density at radius 1 is 1.22 bits per heavy atom. The Hall–Kier alpha value is -1.30. The van der Waals surface area contributed by atoms with Gasteiger partial charge in [0.2, 0.25) is 0 Å². The minimum atomic E-state index is -1.49. The van der Waals surface area contributed by atoms with Crippen molar-refractivity contribution in [1.82, 2.24) is 5.32 Å². The molecule has 18 heavy (non-hydrogen) atoms. The molecule has 0 aliphatic carbocycles. The Bertz CT molecular complexity index is 444. The molecule has 7 heteroatoms. The highest BCUT2D eigenvalue weighted by atomic mass is 35.5. The van der Waals surface area contributed by atoms with Gasteiger partial charge in [-0.15, -0.1) is 0 Å². The number of rotatable bonds is 5. The molecular weight excluding hydrogens is 281 g/mol. The van der Waals surface area contributed by atoms with Crippen molar-refractivity contribution in [2.45, 2.75) is 12.5 Å². The summed E-state index contributed by atoms with van der Waals surface area (Å²) in [5.74, 6) is -1.76. The SMILES string of the molecule is O=C(NCC[C@H](O)C(=O)O)c1cc(Cl)cc(Cl)c1. The van der Waals surface area contributed by atoms with Crippen molar-refractivity contribution < 1.29 is 19.8 Å². The van der Waals surface area contributed by atoms with Crippen LogP contribution in [0.25, 0.3) is 0 Å². The first-order chi connectivity index (χ1) is 8.40. The van der Waals surface area contributed by atoms with Gasteiger partial charge in [-0.2, -0.15) is 0 Å². The van der Waals surface area contributed by atoms with Gasteiger partial charge < -0.3 is 15.5 Å². The molecule has 1 amide bonds. The third kappa shape index (κ3) is 4.52. The molecule has 5 nitrogen and oxygen atoms in total. The molecule has 0 aliphatic rings. The monoisotopic (exact) mass is 291 g/mol. The number of carbonyl (C=O) groups is 2. The number of benzene rings is 1. The van der Waals surface area contributed by atoms with Crippen LogP contribution in [0, 0.1) is 0 Å². The summed E-state index contributed by atoms with van der Waals surface area (Å²) in [6.45, 7) is 0.0381. The summed E-state index contributed by atoms with van der Waals surface area (Å²) < 4.78 is 0. The number of aliphatic hydroxyl groups excluding tert-OH is 1. The third-order valence-electron chi connectivity index (χ3n) is 2.11. The van der Waals surface area contributed by atoms with E-state index in [1.54, 1.807) is 0 Å². The van der Waals surface area contributed by atoms with Crippen LogP contribution in [-0.4, -0.2) is 34.7 Å². The van der Waals surface area contributed by atoms with Gasteiger partial charge in [-0.1, -0.05) is 23.2 Å². The molecule has 0 radical (unpaired) electrons. The molecular formula is C11H11Cl2NO4. The second-order valence-electron chi connectivity index (χ2n) is 3.56. The first kappa shape index (κ1) is 14.8. The Kier molecular flexibility index (Phi) is 5.40. The maximum absolute atomic E-state index is 11.6. The average molecular weight is 292 g/mol. The van der Waals surface area contributed by atoms with Crippen molar-refractivity contribution >= 4 is 35.1 Å². The Morgan fingerprint density at radius 3 is 2.28 bits per heavy atom. The zero-order chi connectivity index (χ0) is 13.7. The molecule has 0 aliphatic heterocycles. The molecule has 0 heterocycles. The Balaban J connectivity index is 2.53. The summed E-state index contributed by atoms with van der Waals surface area (Å²) in [5.41, 5.74) is 0.275. The number of carboxylic acids is 1. The van der Waals surface area contributed by atoms with E-state index in [2.05, 4.69) is 5.32 Å². The summed E-state index contributed by atoms with van der Waals surface area (Å²) in [7, 11) is 0. The number of amides is 1.